The fourth-order valence-corrected chi connectivity index (χ4v) is 2.28. The van der Waals surface area contributed by atoms with Gasteiger partial charge in [-0.15, -0.1) is 0 Å². The van der Waals surface area contributed by atoms with Crippen LogP contribution in [0.1, 0.15) is 41.0 Å². The summed E-state index contributed by atoms with van der Waals surface area (Å²) in [6.45, 7) is 4.38. The van der Waals surface area contributed by atoms with Crippen molar-refractivity contribution < 1.29 is 14.4 Å². The summed E-state index contributed by atoms with van der Waals surface area (Å²) in [6, 6.07) is 4.51. The molecule has 0 fully saturated rings. The van der Waals surface area contributed by atoms with E-state index < -0.39 is 11.8 Å². The van der Waals surface area contributed by atoms with Crippen molar-refractivity contribution in [2.45, 2.75) is 20.3 Å². The molecule has 1 heterocycles. The molecule has 3 amide bonds. The van der Waals surface area contributed by atoms with Crippen LogP contribution in [-0.4, -0.2) is 35.7 Å². The van der Waals surface area contributed by atoms with Gasteiger partial charge in [0, 0.05) is 11.6 Å². The molecule has 1 aliphatic rings. The first kappa shape index (κ1) is 15.5. The minimum Gasteiger partial charge on any atom is -0.355 e. The zero-order chi connectivity index (χ0) is 15.6. The van der Waals surface area contributed by atoms with Crippen LogP contribution in [0.4, 0.5) is 0 Å². The molecule has 0 aromatic heterocycles. The Kier molecular flexibility index (Phi) is 4.63. The second-order valence-electron chi connectivity index (χ2n) is 5.42. The molecule has 0 saturated carbocycles. The Morgan fingerprint density at radius 1 is 1.24 bits per heavy atom. The quantitative estimate of drug-likeness (QED) is 0.847. The van der Waals surface area contributed by atoms with Gasteiger partial charge in [-0.2, -0.15) is 0 Å². The van der Waals surface area contributed by atoms with E-state index in [-0.39, 0.29) is 18.0 Å². The summed E-state index contributed by atoms with van der Waals surface area (Å²) < 4.78 is 0. The molecule has 0 unspecified atom stereocenters. The van der Waals surface area contributed by atoms with Crippen LogP contribution < -0.4 is 5.32 Å². The topological polar surface area (TPSA) is 66.5 Å². The Morgan fingerprint density at radius 2 is 1.90 bits per heavy atom. The normalized spacial score (nSPS) is 13.8. The maximum Gasteiger partial charge on any atom is 0.262 e. The van der Waals surface area contributed by atoms with Crippen LogP contribution in [0, 0.1) is 5.92 Å². The number of imide groups is 1. The van der Waals surface area contributed by atoms with E-state index in [4.69, 9.17) is 11.6 Å². The van der Waals surface area contributed by atoms with E-state index in [1.165, 1.54) is 12.1 Å². The van der Waals surface area contributed by atoms with Crippen LogP contribution in [0.5, 0.6) is 0 Å². The maximum absolute atomic E-state index is 12.1. The molecule has 1 aromatic rings. The Labute approximate surface area is 128 Å². The van der Waals surface area contributed by atoms with Gasteiger partial charge >= 0.3 is 0 Å². The molecule has 1 aromatic carbocycles. The molecule has 0 saturated heterocycles. The number of carbonyl (C=O) groups is 3. The number of nitrogens with one attached hydrogen (secondary N) is 1. The minimum atomic E-state index is -0.475. The molecule has 5 nitrogen and oxygen atoms in total. The summed E-state index contributed by atoms with van der Waals surface area (Å²) in [5.41, 5.74) is 0.543. The van der Waals surface area contributed by atoms with Crippen molar-refractivity contribution in [3.05, 3.63) is 34.3 Å². The van der Waals surface area contributed by atoms with Crippen LogP contribution in [0.25, 0.3) is 0 Å². The Morgan fingerprint density at radius 3 is 2.57 bits per heavy atom. The summed E-state index contributed by atoms with van der Waals surface area (Å²) in [5, 5.41) is 3.10. The second-order valence-corrected chi connectivity index (χ2v) is 5.86. The lowest BCUT2D eigenvalue weighted by molar-refractivity contribution is -0.121. The van der Waals surface area contributed by atoms with Crippen molar-refractivity contribution in [2.75, 3.05) is 13.1 Å². The lowest BCUT2D eigenvalue weighted by Crippen LogP contribution is -2.40. The lowest BCUT2D eigenvalue weighted by Gasteiger charge is -2.14. The summed E-state index contributed by atoms with van der Waals surface area (Å²) in [5.74, 6) is -0.787. The molecular formula is C15H17ClN2O3. The average molecular weight is 309 g/mol. The van der Waals surface area contributed by atoms with Crippen molar-refractivity contribution in [3.63, 3.8) is 0 Å². The molecule has 1 N–H and O–H groups in total. The molecule has 2 rings (SSSR count). The van der Waals surface area contributed by atoms with E-state index in [1.807, 2.05) is 0 Å². The molecular weight excluding hydrogens is 292 g/mol. The maximum atomic E-state index is 12.1. The number of halogens is 1. The van der Waals surface area contributed by atoms with Crippen molar-refractivity contribution in [3.8, 4) is 0 Å². The van der Waals surface area contributed by atoms with Gasteiger partial charge < -0.3 is 5.32 Å². The van der Waals surface area contributed by atoms with Crippen LogP contribution in [-0.2, 0) is 4.79 Å². The predicted octanol–water partition coefficient (Wildman–Crippen LogP) is 2.10. The SMILES string of the molecule is CC(C)CCNC(=O)CN1C(=O)c2ccc(Cl)cc2C1=O. The third-order valence-electron chi connectivity index (χ3n) is 3.28. The summed E-state index contributed by atoms with van der Waals surface area (Å²) in [7, 11) is 0. The highest BCUT2D eigenvalue weighted by Gasteiger charge is 2.36. The van der Waals surface area contributed by atoms with E-state index in [9.17, 15) is 14.4 Å². The van der Waals surface area contributed by atoms with E-state index in [1.54, 1.807) is 6.07 Å². The van der Waals surface area contributed by atoms with Gasteiger partial charge in [-0.25, -0.2) is 0 Å². The number of hydrogen-bond donors (Lipinski definition) is 1. The first-order valence-electron chi connectivity index (χ1n) is 6.82. The van der Waals surface area contributed by atoms with E-state index in [0.29, 0.717) is 23.0 Å². The third-order valence-corrected chi connectivity index (χ3v) is 3.51. The first-order valence-corrected chi connectivity index (χ1v) is 7.20. The Bertz CT molecular complexity index is 599. The largest absolute Gasteiger partial charge is 0.355 e. The summed E-state index contributed by atoms with van der Waals surface area (Å²) >= 11 is 5.83. The molecule has 0 aliphatic carbocycles. The van der Waals surface area contributed by atoms with Crippen LogP contribution >= 0.6 is 11.6 Å². The number of benzene rings is 1. The van der Waals surface area contributed by atoms with Gasteiger partial charge in [-0.3, -0.25) is 19.3 Å². The van der Waals surface area contributed by atoms with E-state index in [0.717, 1.165) is 11.3 Å². The van der Waals surface area contributed by atoms with Crippen molar-refractivity contribution in [2.24, 2.45) is 5.92 Å². The average Bonchev–Trinajstić information content (AvgIpc) is 2.63. The number of amides is 3. The number of rotatable bonds is 5. The summed E-state index contributed by atoms with van der Waals surface area (Å²) in [4.78, 5) is 37.0. The van der Waals surface area contributed by atoms with Crippen LogP contribution in [0.3, 0.4) is 0 Å². The number of hydrogen-bond acceptors (Lipinski definition) is 3. The molecule has 0 atom stereocenters. The zero-order valence-electron chi connectivity index (χ0n) is 12.0. The van der Waals surface area contributed by atoms with Gasteiger partial charge in [0.15, 0.2) is 0 Å². The molecule has 112 valence electrons. The second kappa shape index (κ2) is 6.26. The van der Waals surface area contributed by atoms with Crippen molar-refractivity contribution in [1.29, 1.82) is 0 Å². The zero-order valence-corrected chi connectivity index (χ0v) is 12.7. The molecule has 0 bridgehead atoms. The van der Waals surface area contributed by atoms with Gasteiger partial charge in [0.2, 0.25) is 5.91 Å². The minimum absolute atomic E-state index is 0.252. The summed E-state index contributed by atoms with van der Waals surface area (Å²) in [6.07, 6.45) is 0.851. The number of fused-ring (bicyclic) bond motifs is 1. The number of carbonyl (C=O) groups excluding carboxylic acids is 3. The van der Waals surface area contributed by atoms with Gasteiger partial charge in [0.05, 0.1) is 11.1 Å². The monoisotopic (exact) mass is 308 g/mol. The highest BCUT2D eigenvalue weighted by molar-refractivity contribution is 6.32. The first-order chi connectivity index (χ1) is 9.90. The van der Waals surface area contributed by atoms with E-state index in [2.05, 4.69) is 19.2 Å². The van der Waals surface area contributed by atoms with Gasteiger partial charge in [-0.05, 0) is 30.5 Å². The lowest BCUT2D eigenvalue weighted by atomic mass is 10.1. The molecule has 1 aliphatic heterocycles. The van der Waals surface area contributed by atoms with E-state index >= 15 is 0 Å². The highest BCUT2D eigenvalue weighted by Crippen LogP contribution is 2.25. The van der Waals surface area contributed by atoms with Gasteiger partial charge in [-0.1, -0.05) is 25.4 Å². The Balaban J connectivity index is 2.01. The molecule has 21 heavy (non-hydrogen) atoms. The fourth-order valence-electron chi connectivity index (χ4n) is 2.11. The van der Waals surface area contributed by atoms with Gasteiger partial charge in [0.1, 0.15) is 6.54 Å². The fraction of sp³-hybridized carbons (Fsp3) is 0.400. The molecule has 0 radical (unpaired) electrons. The van der Waals surface area contributed by atoms with Crippen LogP contribution in [0.15, 0.2) is 18.2 Å². The van der Waals surface area contributed by atoms with Crippen molar-refractivity contribution in [1.82, 2.24) is 10.2 Å². The number of nitrogens with zero attached hydrogens (tertiary/aromatic N) is 1. The van der Waals surface area contributed by atoms with Crippen LogP contribution in [0.2, 0.25) is 5.02 Å². The van der Waals surface area contributed by atoms with Crippen molar-refractivity contribution >= 4 is 29.3 Å². The smallest absolute Gasteiger partial charge is 0.262 e. The highest BCUT2D eigenvalue weighted by atomic mass is 35.5. The third kappa shape index (κ3) is 3.42. The Hall–Kier alpha value is -1.88. The molecule has 6 heteroatoms. The van der Waals surface area contributed by atoms with Gasteiger partial charge in [0.25, 0.3) is 11.8 Å². The standard InChI is InChI=1S/C15H17ClN2O3/c1-9(2)5-6-17-13(19)8-18-14(20)11-4-3-10(16)7-12(11)15(18)21/h3-4,7,9H,5-6,8H2,1-2H3,(H,17,19). The predicted molar refractivity (Wildman–Crippen MR) is 79.3 cm³/mol. The molecule has 0 spiro atoms.